The summed E-state index contributed by atoms with van der Waals surface area (Å²) in [5.74, 6) is 0.159. The molecule has 0 aliphatic rings. The number of rotatable bonds is 3. The van der Waals surface area contributed by atoms with Crippen molar-refractivity contribution in [2.24, 2.45) is 0 Å². The lowest BCUT2D eigenvalue weighted by atomic mass is 10.2. The topological polar surface area (TPSA) is 47.3 Å². The maximum atomic E-state index is 12.1. The number of hydrogen-bond donors (Lipinski definition) is 0. The second-order valence-electron chi connectivity index (χ2n) is 2.49. The second kappa shape index (κ2) is 3.26. The normalized spacial score (nSPS) is 11.8. The van der Waals surface area contributed by atoms with E-state index in [-0.39, 0.29) is 6.42 Å². The minimum Gasteiger partial charge on any atom is -0.469 e. The first kappa shape index (κ1) is 9.25. The van der Waals surface area contributed by atoms with Gasteiger partial charge in [0, 0.05) is 0 Å². The Morgan fingerprint density at radius 1 is 1.58 bits per heavy atom. The lowest BCUT2D eigenvalue weighted by Crippen LogP contribution is -2.01. The van der Waals surface area contributed by atoms with Gasteiger partial charge in [-0.25, -0.2) is 0 Å². The summed E-state index contributed by atoms with van der Waals surface area (Å²) in [5.41, 5.74) is 0.733. The van der Waals surface area contributed by atoms with Crippen molar-refractivity contribution in [3.05, 3.63) is 23.7 Å². The Hall–Kier alpha value is -0.840. The first-order valence-corrected chi connectivity index (χ1v) is 4.99. The zero-order chi connectivity index (χ0) is 9.19. The lowest BCUT2D eigenvalue weighted by Gasteiger charge is -1.94. The van der Waals surface area contributed by atoms with E-state index in [0.29, 0.717) is 5.76 Å². The number of furan rings is 1. The van der Waals surface area contributed by atoms with Crippen LogP contribution in [0.4, 0.5) is 3.89 Å². The number of aryl methyl sites for hydroxylation is 2. The third-order valence-electron chi connectivity index (χ3n) is 1.58. The van der Waals surface area contributed by atoms with Crippen molar-refractivity contribution in [1.82, 2.24) is 0 Å². The van der Waals surface area contributed by atoms with Crippen molar-refractivity contribution in [3.63, 3.8) is 0 Å². The summed E-state index contributed by atoms with van der Waals surface area (Å²) < 4.78 is 37.2. The molecule has 1 aromatic heterocycles. The maximum Gasteiger partial charge on any atom is 0.302 e. The molecule has 12 heavy (non-hydrogen) atoms. The smallest absolute Gasteiger partial charge is 0.302 e. The Labute approximate surface area is 70.4 Å². The molecular formula is C7H9FO3S. The van der Waals surface area contributed by atoms with E-state index in [9.17, 15) is 12.3 Å². The molecular weight excluding hydrogens is 183 g/mol. The van der Waals surface area contributed by atoms with E-state index in [2.05, 4.69) is 0 Å². The summed E-state index contributed by atoms with van der Waals surface area (Å²) >= 11 is 0. The van der Waals surface area contributed by atoms with Gasteiger partial charge in [-0.1, -0.05) is 0 Å². The highest BCUT2D eigenvalue weighted by Gasteiger charge is 2.09. The molecule has 0 aromatic carbocycles. The van der Waals surface area contributed by atoms with Crippen LogP contribution in [0, 0.1) is 6.92 Å². The van der Waals surface area contributed by atoms with E-state index in [0.717, 1.165) is 5.56 Å². The summed E-state index contributed by atoms with van der Waals surface area (Å²) in [7, 11) is -4.36. The van der Waals surface area contributed by atoms with Crippen molar-refractivity contribution >= 4 is 10.2 Å². The standard InChI is InChI=1S/C7H9FO3S/c1-6-7(2-4-11-6)3-5-12(8,9)10/h2,4H,3,5H2,1H3. The molecule has 0 saturated heterocycles. The molecule has 1 rings (SSSR count). The van der Waals surface area contributed by atoms with Crippen LogP contribution in [0.2, 0.25) is 0 Å². The van der Waals surface area contributed by atoms with Gasteiger partial charge < -0.3 is 4.42 Å². The Kier molecular flexibility index (Phi) is 2.52. The molecule has 0 fully saturated rings. The monoisotopic (exact) mass is 192 g/mol. The van der Waals surface area contributed by atoms with Gasteiger partial charge in [-0.3, -0.25) is 0 Å². The van der Waals surface area contributed by atoms with Gasteiger partial charge in [0.25, 0.3) is 0 Å². The van der Waals surface area contributed by atoms with Gasteiger partial charge in [0.05, 0.1) is 12.0 Å². The largest absolute Gasteiger partial charge is 0.469 e. The fraction of sp³-hybridized carbons (Fsp3) is 0.429. The molecule has 3 nitrogen and oxygen atoms in total. The van der Waals surface area contributed by atoms with Crippen LogP contribution in [0.15, 0.2) is 16.7 Å². The van der Waals surface area contributed by atoms with Crippen LogP contribution >= 0.6 is 0 Å². The molecule has 0 amide bonds. The molecule has 0 N–H and O–H groups in total. The van der Waals surface area contributed by atoms with Gasteiger partial charge >= 0.3 is 10.2 Å². The van der Waals surface area contributed by atoms with E-state index < -0.39 is 16.0 Å². The summed E-state index contributed by atoms with van der Waals surface area (Å²) in [6.07, 6.45) is 1.62. The molecule has 1 heterocycles. The van der Waals surface area contributed by atoms with Crippen molar-refractivity contribution in [3.8, 4) is 0 Å². The maximum absolute atomic E-state index is 12.1. The average molecular weight is 192 g/mol. The Morgan fingerprint density at radius 3 is 2.67 bits per heavy atom. The predicted molar refractivity (Wildman–Crippen MR) is 42.0 cm³/mol. The van der Waals surface area contributed by atoms with Crippen LogP contribution in [-0.2, 0) is 16.6 Å². The molecule has 1 aromatic rings. The van der Waals surface area contributed by atoms with Crippen molar-refractivity contribution in [2.75, 3.05) is 5.75 Å². The van der Waals surface area contributed by atoms with E-state index in [1.807, 2.05) is 0 Å². The average Bonchev–Trinajstić information content (AvgIpc) is 2.29. The van der Waals surface area contributed by atoms with Crippen molar-refractivity contribution in [2.45, 2.75) is 13.3 Å². The molecule has 0 bridgehead atoms. The zero-order valence-corrected chi connectivity index (χ0v) is 7.40. The first-order valence-electron chi connectivity index (χ1n) is 3.44. The lowest BCUT2D eigenvalue weighted by molar-refractivity contribution is 0.529. The van der Waals surface area contributed by atoms with Crippen LogP contribution in [-0.4, -0.2) is 14.2 Å². The third-order valence-corrected chi connectivity index (χ3v) is 2.27. The first-order chi connectivity index (χ1) is 5.49. The van der Waals surface area contributed by atoms with Gasteiger partial charge in [-0.2, -0.15) is 8.42 Å². The minimum atomic E-state index is -4.36. The van der Waals surface area contributed by atoms with Crippen molar-refractivity contribution < 1.29 is 16.7 Å². The second-order valence-corrected chi connectivity index (χ2v) is 3.98. The molecule has 68 valence electrons. The van der Waals surface area contributed by atoms with E-state index in [4.69, 9.17) is 4.42 Å². The van der Waals surface area contributed by atoms with Gasteiger partial charge in [-0.05, 0) is 25.0 Å². The summed E-state index contributed by atoms with van der Waals surface area (Å²) in [4.78, 5) is 0. The van der Waals surface area contributed by atoms with Crippen molar-refractivity contribution in [1.29, 1.82) is 0 Å². The molecule has 0 saturated carbocycles. The fourth-order valence-corrected chi connectivity index (χ4v) is 1.37. The quantitative estimate of drug-likeness (QED) is 0.680. The molecule has 0 aliphatic carbocycles. The number of halogens is 1. The Balaban J connectivity index is 2.61. The molecule has 0 aliphatic heterocycles. The van der Waals surface area contributed by atoms with E-state index in [1.165, 1.54) is 6.26 Å². The highest BCUT2D eigenvalue weighted by atomic mass is 32.3. The summed E-state index contributed by atoms with van der Waals surface area (Å²) in [5, 5.41) is 0. The zero-order valence-electron chi connectivity index (χ0n) is 6.58. The molecule has 0 atom stereocenters. The Morgan fingerprint density at radius 2 is 2.25 bits per heavy atom. The van der Waals surface area contributed by atoms with Crippen LogP contribution in [0.5, 0.6) is 0 Å². The molecule has 5 heteroatoms. The van der Waals surface area contributed by atoms with Crippen LogP contribution in [0.3, 0.4) is 0 Å². The van der Waals surface area contributed by atoms with E-state index in [1.54, 1.807) is 13.0 Å². The summed E-state index contributed by atoms with van der Waals surface area (Å²) in [6.45, 7) is 1.71. The highest BCUT2D eigenvalue weighted by Crippen LogP contribution is 2.10. The number of hydrogen-bond acceptors (Lipinski definition) is 3. The van der Waals surface area contributed by atoms with Crippen LogP contribution < -0.4 is 0 Å². The van der Waals surface area contributed by atoms with Gasteiger partial charge in [0.2, 0.25) is 0 Å². The van der Waals surface area contributed by atoms with Gasteiger partial charge in [0.1, 0.15) is 5.76 Å². The minimum absolute atomic E-state index is 0.168. The molecule has 0 radical (unpaired) electrons. The predicted octanol–water partition coefficient (Wildman–Crippen LogP) is 1.43. The summed E-state index contributed by atoms with van der Waals surface area (Å²) in [6, 6.07) is 1.64. The molecule has 0 spiro atoms. The van der Waals surface area contributed by atoms with E-state index >= 15 is 0 Å². The fourth-order valence-electron chi connectivity index (χ4n) is 0.902. The Bertz CT molecular complexity index is 352. The van der Waals surface area contributed by atoms with Crippen LogP contribution in [0.25, 0.3) is 0 Å². The SMILES string of the molecule is Cc1occc1CCS(=O)(=O)F. The van der Waals surface area contributed by atoms with Crippen LogP contribution in [0.1, 0.15) is 11.3 Å². The van der Waals surface area contributed by atoms with Gasteiger partial charge in [-0.15, -0.1) is 3.89 Å². The molecule has 0 unspecified atom stereocenters. The highest BCUT2D eigenvalue weighted by molar-refractivity contribution is 7.86. The van der Waals surface area contributed by atoms with Gasteiger partial charge in [0.15, 0.2) is 0 Å². The third kappa shape index (κ3) is 2.65.